The second kappa shape index (κ2) is 6.85. The molecule has 0 bridgehead atoms. The number of aromatic nitrogens is 1. The fourth-order valence-corrected chi connectivity index (χ4v) is 2.55. The lowest BCUT2D eigenvalue weighted by Crippen LogP contribution is -2.21. The van der Waals surface area contributed by atoms with Gasteiger partial charge >= 0.3 is 0 Å². The van der Waals surface area contributed by atoms with E-state index in [2.05, 4.69) is 15.3 Å². The zero-order valence-electron chi connectivity index (χ0n) is 12.0. The average molecular weight is 302 g/mol. The van der Waals surface area contributed by atoms with Crippen LogP contribution in [0.4, 0.5) is 10.8 Å². The van der Waals surface area contributed by atoms with Crippen LogP contribution >= 0.6 is 11.3 Å². The third-order valence-electron chi connectivity index (χ3n) is 2.95. The van der Waals surface area contributed by atoms with Crippen molar-refractivity contribution in [3.8, 4) is 11.3 Å². The molecular formula is C14H18N6S. The molecule has 0 saturated carbocycles. The number of benzene rings is 1. The molecule has 110 valence electrons. The van der Waals surface area contributed by atoms with Gasteiger partial charge in [0.1, 0.15) is 0 Å². The van der Waals surface area contributed by atoms with E-state index in [0.717, 1.165) is 23.5 Å². The summed E-state index contributed by atoms with van der Waals surface area (Å²) < 4.78 is 0. The lowest BCUT2D eigenvalue weighted by atomic mass is 10.1. The number of anilines is 2. The maximum absolute atomic E-state index is 7.43. The Kier molecular flexibility index (Phi) is 4.89. The molecule has 1 aromatic carbocycles. The summed E-state index contributed by atoms with van der Waals surface area (Å²) in [5, 5.41) is 13.0. The molecule has 0 fully saturated rings. The molecule has 0 aliphatic carbocycles. The molecular weight excluding hydrogens is 284 g/mol. The third kappa shape index (κ3) is 3.57. The second-order valence-corrected chi connectivity index (χ2v) is 5.10. The van der Waals surface area contributed by atoms with Gasteiger partial charge in [-0.05, 0) is 19.1 Å². The Morgan fingerprint density at radius 3 is 3.05 bits per heavy atom. The molecule has 0 aliphatic rings. The van der Waals surface area contributed by atoms with Crippen LogP contribution in [0, 0.1) is 5.41 Å². The summed E-state index contributed by atoms with van der Waals surface area (Å²) in [4.78, 5) is 10.2. The number of hydrogen-bond donors (Lipinski definition) is 3. The monoisotopic (exact) mass is 302 g/mol. The van der Waals surface area contributed by atoms with Crippen LogP contribution in [0.3, 0.4) is 0 Å². The van der Waals surface area contributed by atoms with E-state index < -0.39 is 0 Å². The van der Waals surface area contributed by atoms with Crippen molar-refractivity contribution in [3.05, 3.63) is 29.6 Å². The van der Waals surface area contributed by atoms with E-state index in [1.807, 2.05) is 41.5 Å². The minimum atomic E-state index is 0.339. The van der Waals surface area contributed by atoms with E-state index in [1.165, 1.54) is 17.7 Å². The van der Waals surface area contributed by atoms with Gasteiger partial charge in [-0.2, -0.15) is 0 Å². The van der Waals surface area contributed by atoms with Crippen LogP contribution < -0.4 is 16.0 Å². The van der Waals surface area contributed by atoms with Crippen molar-refractivity contribution in [1.29, 1.82) is 5.41 Å². The predicted octanol–water partition coefficient (Wildman–Crippen LogP) is 2.60. The summed E-state index contributed by atoms with van der Waals surface area (Å²) in [5.41, 5.74) is 8.47. The van der Waals surface area contributed by atoms with E-state index in [4.69, 9.17) is 11.1 Å². The molecule has 2 rings (SSSR count). The number of nitrogens with zero attached hydrogens (tertiary/aromatic N) is 3. The zero-order valence-corrected chi connectivity index (χ0v) is 12.8. The molecule has 0 saturated heterocycles. The van der Waals surface area contributed by atoms with Gasteiger partial charge in [0.25, 0.3) is 0 Å². The molecule has 0 spiro atoms. The first-order chi connectivity index (χ1) is 10.2. The van der Waals surface area contributed by atoms with Crippen LogP contribution in [0.2, 0.25) is 0 Å². The molecule has 6 nitrogen and oxygen atoms in total. The first-order valence-corrected chi connectivity index (χ1v) is 7.38. The quantitative estimate of drug-likeness (QED) is 0.585. The number of aliphatic imine (C=N–C) groups is 1. The Balaban J connectivity index is 2.26. The number of hydrogen-bond acceptors (Lipinski definition) is 4. The Morgan fingerprint density at radius 1 is 1.57 bits per heavy atom. The van der Waals surface area contributed by atoms with Gasteiger partial charge in [-0.15, -0.1) is 11.3 Å². The largest absolute Gasteiger partial charge is 0.370 e. The van der Waals surface area contributed by atoms with E-state index in [-0.39, 0.29) is 0 Å². The molecule has 2 aromatic rings. The van der Waals surface area contributed by atoms with Crippen molar-refractivity contribution in [2.24, 2.45) is 10.7 Å². The third-order valence-corrected chi connectivity index (χ3v) is 3.71. The average Bonchev–Trinajstić information content (AvgIpc) is 2.97. The van der Waals surface area contributed by atoms with E-state index in [0.29, 0.717) is 11.1 Å². The first kappa shape index (κ1) is 15.0. The summed E-state index contributed by atoms with van der Waals surface area (Å²) in [7, 11) is 1.62. The molecule has 1 heterocycles. The highest BCUT2D eigenvalue weighted by atomic mass is 32.1. The topological polar surface area (TPSA) is 90.4 Å². The molecule has 4 N–H and O–H groups in total. The summed E-state index contributed by atoms with van der Waals surface area (Å²) in [6.45, 7) is 2.76. The highest BCUT2D eigenvalue weighted by Gasteiger charge is 2.07. The van der Waals surface area contributed by atoms with Gasteiger partial charge in [-0.25, -0.2) is 4.98 Å². The molecule has 21 heavy (non-hydrogen) atoms. The number of thiazole rings is 1. The Labute approximate surface area is 127 Å². The van der Waals surface area contributed by atoms with Gasteiger partial charge in [0.2, 0.25) is 0 Å². The summed E-state index contributed by atoms with van der Waals surface area (Å²) in [5.74, 6) is 0.339. The van der Waals surface area contributed by atoms with Crippen LogP contribution in [0.25, 0.3) is 11.3 Å². The number of nitrogens with one attached hydrogen (secondary N) is 2. The minimum absolute atomic E-state index is 0.339. The van der Waals surface area contributed by atoms with Gasteiger partial charge in [0.05, 0.1) is 12.0 Å². The van der Waals surface area contributed by atoms with E-state index in [9.17, 15) is 0 Å². The maximum atomic E-state index is 7.43. The van der Waals surface area contributed by atoms with Crippen molar-refractivity contribution in [1.82, 2.24) is 4.98 Å². The summed E-state index contributed by atoms with van der Waals surface area (Å²) in [6.07, 6.45) is 1.32. The van der Waals surface area contributed by atoms with Crippen molar-refractivity contribution >= 4 is 34.5 Å². The van der Waals surface area contributed by atoms with Crippen LogP contribution in [0.5, 0.6) is 0 Å². The SMILES string of the molecule is CCN(C=N)c1cccc(-c2csc(NC(N)=NC)n2)c1. The van der Waals surface area contributed by atoms with Crippen LogP contribution in [-0.4, -0.2) is 30.9 Å². The first-order valence-electron chi connectivity index (χ1n) is 6.50. The molecule has 0 unspecified atom stereocenters. The fraction of sp³-hybridized carbons (Fsp3) is 0.214. The second-order valence-electron chi connectivity index (χ2n) is 4.24. The smallest absolute Gasteiger partial charge is 0.194 e. The van der Waals surface area contributed by atoms with Gasteiger partial charge in [0, 0.05) is 30.2 Å². The van der Waals surface area contributed by atoms with Gasteiger partial charge in [-0.3, -0.25) is 10.4 Å². The van der Waals surface area contributed by atoms with Crippen LogP contribution in [-0.2, 0) is 0 Å². The van der Waals surface area contributed by atoms with E-state index in [1.54, 1.807) is 7.05 Å². The maximum Gasteiger partial charge on any atom is 0.194 e. The normalized spacial score (nSPS) is 11.2. The standard InChI is InChI=1S/C14H18N6S/c1-3-20(9-15)11-6-4-5-10(7-11)12-8-21-14(18-12)19-13(16)17-2/h4-9,15H,3H2,1-2H3,(H3,16,17,18,19). The predicted molar refractivity (Wildman–Crippen MR) is 90.5 cm³/mol. The van der Waals surface area contributed by atoms with Gasteiger partial charge in [-0.1, -0.05) is 12.1 Å². The number of guanidine groups is 1. The minimum Gasteiger partial charge on any atom is -0.370 e. The van der Waals surface area contributed by atoms with Crippen LogP contribution in [0.1, 0.15) is 6.92 Å². The van der Waals surface area contributed by atoms with Crippen molar-refractivity contribution < 1.29 is 0 Å². The van der Waals surface area contributed by atoms with Gasteiger partial charge in [0.15, 0.2) is 11.1 Å². The number of rotatable bonds is 5. The Morgan fingerprint density at radius 2 is 2.38 bits per heavy atom. The zero-order chi connectivity index (χ0) is 15.2. The molecule has 7 heteroatoms. The Bertz CT molecular complexity index is 648. The summed E-state index contributed by atoms with van der Waals surface area (Å²) >= 11 is 1.47. The van der Waals surface area contributed by atoms with E-state index >= 15 is 0 Å². The summed E-state index contributed by atoms with van der Waals surface area (Å²) in [6, 6.07) is 7.96. The highest BCUT2D eigenvalue weighted by molar-refractivity contribution is 7.14. The van der Waals surface area contributed by atoms with Gasteiger partial charge < -0.3 is 16.0 Å². The lowest BCUT2D eigenvalue weighted by Gasteiger charge is -2.17. The van der Waals surface area contributed by atoms with Crippen molar-refractivity contribution in [3.63, 3.8) is 0 Å². The molecule has 0 amide bonds. The lowest BCUT2D eigenvalue weighted by molar-refractivity contribution is 1.07. The molecule has 0 radical (unpaired) electrons. The highest BCUT2D eigenvalue weighted by Crippen LogP contribution is 2.27. The molecule has 0 aliphatic heterocycles. The molecule has 0 atom stereocenters. The number of nitrogens with two attached hydrogens (primary N) is 1. The fourth-order valence-electron chi connectivity index (χ4n) is 1.82. The van der Waals surface area contributed by atoms with Crippen molar-refractivity contribution in [2.75, 3.05) is 23.8 Å². The Hall–Kier alpha value is -2.41. The molecule has 1 aromatic heterocycles. The van der Waals surface area contributed by atoms with Crippen molar-refractivity contribution in [2.45, 2.75) is 6.92 Å². The van der Waals surface area contributed by atoms with Crippen LogP contribution in [0.15, 0.2) is 34.6 Å².